The van der Waals surface area contributed by atoms with Crippen LogP contribution in [0.2, 0.25) is 5.15 Å². The second-order valence-electron chi connectivity index (χ2n) is 3.34. The van der Waals surface area contributed by atoms with Crippen LogP contribution in [-0.2, 0) is 9.53 Å². The van der Waals surface area contributed by atoms with Gasteiger partial charge in [0.25, 0.3) is 0 Å². The van der Waals surface area contributed by atoms with Crippen molar-refractivity contribution in [2.45, 2.75) is 12.5 Å². The van der Waals surface area contributed by atoms with E-state index in [4.69, 9.17) is 22.1 Å². The molecule has 1 aromatic heterocycles. The van der Waals surface area contributed by atoms with E-state index in [1.54, 1.807) is 6.07 Å². The van der Waals surface area contributed by atoms with Crippen LogP contribution in [0.5, 0.6) is 0 Å². The first kappa shape index (κ1) is 14.4. The number of carbonyl (C=O) groups is 1. The van der Waals surface area contributed by atoms with Crippen molar-refractivity contribution in [2.24, 2.45) is 5.73 Å². The van der Waals surface area contributed by atoms with Crippen LogP contribution >= 0.6 is 27.5 Å². The molecule has 1 heterocycles. The summed E-state index contributed by atoms with van der Waals surface area (Å²) in [5, 5.41) is 3.03. The zero-order valence-electron chi connectivity index (χ0n) is 9.24. The lowest BCUT2D eigenvalue weighted by molar-refractivity contribution is -0.118. The number of amides is 1. The van der Waals surface area contributed by atoms with Gasteiger partial charge in [-0.15, -0.1) is 0 Å². The zero-order chi connectivity index (χ0) is 12.8. The molecule has 0 radical (unpaired) electrons. The van der Waals surface area contributed by atoms with E-state index in [1.165, 1.54) is 13.3 Å². The van der Waals surface area contributed by atoms with E-state index in [-0.39, 0.29) is 18.4 Å². The van der Waals surface area contributed by atoms with Gasteiger partial charge in [-0.3, -0.25) is 4.79 Å². The van der Waals surface area contributed by atoms with Crippen molar-refractivity contribution in [2.75, 3.05) is 19.0 Å². The van der Waals surface area contributed by atoms with Crippen LogP contribution in [0, 0.1) is 0 Å². The average Bonchev–Trinajstić information content (AvgIpc) is 2.31. The molecule has 1 rings (SSSR count). The summed E-state index contributed by atoms with van der Waals surface area (Å²) in [6, 6.07) is 1.68. The SMILES string of the molecule is COC(CN)CC(=O)Nc1cnc(Cl)c(Br)c1. The number of pyridine rings is 1. The molecule has 0 aliphatic heterocycles. The second kappa shape index (κ2) is 6.90. The molecule has 1 amide bonds. The van der Waals surface area contributed by atoms with Crippen LogP contribution < -0.4 is 11.1 Å². The second-order valence-corrected chi connectivity index (χ2v) is 4.55. The van der Waals surface area contributed by atoms with E-state index >= 15 is 0 Å². The highest BCUT2D eigenvalue weighted by Crippen LogP contribution is 2.22. The van der Waals surface area contributed by atoms with Crippen molar-refractivity contribution in [3.63, 3.8) is 0 Å². The first-order valence-corrected chi connectivity index (χ1v) is 6.07. The van der Waals surface area contributed by atoms with Crippen LogP contribution in [0.1, 0.15) is 6.42 Å². The molecule has 3 N–H and O–H groups in total. The van der Waals surface area contributed by atoms with Crippen molar-refractivity contribution in [1.82, 2.24) is 4.98 Å². The van der Waals surface area contributed by atoms with Crippen molar-refractivity contribution in [1.29, 1.82) is 0 Å². The highest BCUT2D eigenvalue weighted by Gasteiger charge is 2.12. The monoisotopic (exact) mass is 321 g/mol. The molecule has 0 bridgehead atoms. The third kappa shape index (κ3) is 4.59. The number of carbonyl (C=O) groups excluding carboxylic acids is 1. The molecule has 0 spiro atoms. The summed E-state index contributed by atoms with van der Waals surface area (Å²) >= 11 is 8.96. The number of ether oxygens (including phenoxy) is 1. The first-order chi connectivity index (χ1) is 8.06. The highest BCUT2D eigenvalue weighted by molar-refractivity contribution is 9.10. The standard InChI is InChI=1S/C10H13BrClN3O2/c1-17-7(4-13)3-9(16)15-6-2-8(11)10(12)14-5-6/h2,5,7H,3-4,13H2,1H3,(H,15,16). The minimum absolute atomic E-state index is 0.182. The molecule has 0 aliphatic carbocycles. The van der Waals surface area contributed by atoms with Crippen LogP contribution in [0.4, 0.5) is 5.69 Å². The van der Waals surface area contributed by atoms with Crippen LogP contribution in [0.25, 0.3) is 0 Å². The lowest BCUT2D eigenvalue weighted by Crippen LogP contribution is -2.28. The van der Waals surface area contributed by atoms with Crippen molar-refractivity contribution < 1.29 is 9.53 Å². The van der Waals surface area contributed by atoms with Gasteiger partial charge in [-0.25, -0.2) is 4.98 Å². The summed E-state index contributed by atoms with van der Waals surface area (Å²) in [6.07, 6.45) is 1.40. The van der Waals surface area contributed by atoms with Gasteiger partial charge < -0.3 is 15.8 Å². The third-order valence-corrected chi connectivity index (χ3v) is 3.22. The van der Waals surface area contributed by atoms with E-state index in [9.17, 15) is 4.79 Å². The molecule has 0 saturated carbocycles. The molecule has 1 aromatic rings. The Hall–Kier alpha value is -0.690. The van der Waals surface area contributed by atoms with Crippen LogP contribution in [-0.4, -0.2) is 30.6 Å². The van der Waals surface area contributed by atoms with Gasteiger partial charge in [-0.1, -0.05) is 11.6 Å². The molecular weight excluding hydrogens is 309 g/mol. The average molecular weight is 323 g/mol. The largest absolute Gasteiger partial charge is 0.380 e. The Morgan fingerprint density at radius 3 is 3.00 bits per heavy atom. The number of nitrogens with two attached hydrogens (primary N) is 1. The Morgan fingerprint density at radius 2 is 2.47 bits per heavy atom. The molecule has 0 saturated heterocycles. The Kier molecular flexibility index (Phi) is 5.84. The van der Waals surface area contributed by atoms with Crippen molar-refractivity contribution >= 4 is 39.1 Å². The highest BCUT2D eigenvalue weighted by atomic mass is 79.9. The zero-order valence-corrected chi connectivity index (χ0v) is 11.6. The number of hydrogen-bond acceptors (Lipinski definition) is 4. The van der Waals surface area contributed by atoms with Gasteiger partial charge in [-0.2, -0.15) is 0 Å². The fourth-order valence-corrected chi connectivity index (χ4v) is 1.62. The van der Waals surface area contributed by atoms with Gasteiger partial charge in [0.2, 0.25) is 5.91 Å². The minimum atomic E-state index is -0.279. The normalized spacial score (nSPS) is 12.2. The quantitative estimate of drug-likeness (QED) is 0.810. The fourth-order valence-electron chi connectivity index (χ4n) is 1.17. The van der Waals surface area contributed by atoms with Crippen molar-refractivity contribution in [3.8, 4) is 0 Å². The molecule has 1 atom stereocenters. The van der Waals surface area contributed by atoms with Crippen molar-refractivity contribution in [3.05, 3.63) is 21.9 Å². The Labute approximate surface area is 113 Å². The Morgan fingerprint density at radius 1 is 1.76 bits per heavy atom. The van der Waals surface area contributed by atoms with E-state index in [2.05, 4.69) is 26.2 Å². The molecule has 94 valence electrons. The number of nitrogens with one attached hydrogen (secondary N) is 1. The van der Waals surface area contributed by atoms with E-state index in [1.807, 2.05) is 0 Å². The summed E-state index contributed by atoms with van der Waals surface area (Å²) in [5.74, 6) is -0.182. The maximum Gasteiger partial charge on any atom is 0.227 e. The van der Waals surface area contributed by atoms with Gasteiger partial charge in [0.1, 0.15) is 5.15 Å². The summed E-state index contributed by atoms with van der Waals surface area (Å²) in [5.41, 5.74) is 5.99. The summed E-state index contributed by atoms with van der Waals surface area (Å²) in [7, 11) is 1.52. The summed E-state index contributed by atoms with van der Waals surface area (Å²) in [4.78, 5) is 15.5. The Balaban J connectivity index is 2.58. The molecule has 17 heavy (non-hydrogen) atoms. The molecular formula is C10H13BrClN3O2. The number of halogens is 2. The predicted molar refractivity (Wildman–Crippen MR) is 70.0 cm³/mol. The van der Waals surface area contributed by atoms with E-state index < -0.39 is 0 Å². The first-order valence-electron chi connectivity index (χ1n) is 4.90. The Bertz CT molecular complexity index is 399. The fraction of sp³-hybridized carbons (Fsp3) is 0.400. The number of aromatic nitrogens is 1. The van der Waals surface area contributed by atoms with Gasteiger partial charge in [-0.05, 0) is 22.0 Å². The third-order valence-electron chi connectivity index (χ3n) is 2.09. The number of nitrogens with zero attached hydrogens (tertiary/aromatic N) is 1. The molecule has 0 aliphatic rings. The predicted octanol–water partition coefficient (Wildman–Crippen LogP) is 1.80. The molecule has 7 heteroatoms. The van der Waals surface area contributed by atoms with Crippen LogP contribution in [0.3, 0.4) is 0 Å². The lowest BCUT2D eigenvalue weighted by Gasteiger charge is -2.12. The summed E-state index contributed by atoms with van der Waals surface area (Å²) < 4.78 is 5.64. The topological polar surface area (TPSA) is 77.2 Å². The molecule has 0 fully saturated rings. The maximum atomic E-state index is 11.6. The molecule has 0 aromatic carbocycles. The molecule has 1 unspecified atom stereocenters. The number of anilines is 1. The molecule has 5 nitrogen and oxygen atoms in total. The van der Waals surface area contributed by atoms with E-state index in [0.29, 0.717) is 21.9 Å². The van der Waals surface area contributed by atoms with E-state index in [0.717, 1.165) is 0 Å². The van der Waals surface area contributed by atoms with Gasteiger partial charge in [0, 0.05) is 13.7 Å². The van der Waals surface area contributed by atoms with Gasteiger partial charge in [0.15, 0.2) is 0 Å². The maximum absolute atomic E-state index is 11.6. The van der Waals surface area contributed by atoms with Gasteiger partial charge >= 0.3 is 0 Å². The number of rotatable bonds is 5. The van der Waals surface area contributed by atoms with Gasteiger partial charge in [0.05, 0.1) is 28.9 Å². The number of methoxy groups -OCH3 is 1. The smallest absolute Gasteiger partial charge is 0.227 e. The number of hydrogen-bond donors (Lipinski definition) is 2. The van der Waals surface area contributed by atoms with Crippen LogP contribution in [0.15, 0.2) is 16.7 Å². The lowest BCUT2D eigenvalue weighted by atomic mass is 10.2. The minimum Gasteiger partial charge on any atom is -0.380 e. The summed E-state index contributed by atoms with van der Waals surface area (Å²) in [6.45, 7) is 0.298.